The van der Waals surface area contributed by atoms with Gasteiger partial charge in [-0.25, -0.2) is 0 Å². The summed E-state index contributed by atoms with van der Waals surface area (Å²) in [5, 5.41) is 1.96. The van der Waals surface area contributed by atoms with Gasteiger partial charge < -0.3 is 5.73 Å². The zero-order valence-electron chi connectivity index (χ0n) is 11.7. The van der Waals surface area contributed by atoms with E-state index in [4.69, 9.17) is 17.3 Å². The van der Waals surface area contributed by atoms with E-state index in [-0.39, 0.29) is 6.04 Å². The zero-order chi connectivity index (χ0) is 14.7. The van der Waals surface area contributed by atoms with Crippen molar-refractivity contribution in [2.24, 2.45) is 5.73 Å². The third-order valence-electron chi connectivity index (χ3n) is 3.66. The molecule has 1 heterocycles. The van der Waals surface area contributed by atoms with E-state index >= 15 is 0 Å². The lowest BCUT2D eigenvalue weighted by atomic mass is 9.97. The second-order valence-corrected chi connectivity index (χ2v) is 5.65. The molecule has 0 amide bonds. The molecule has 0 spiro atoms. The number of hydrogen-bond donors (Lipinski definition) is 1. The predicted octanol–water partition coefficient (Wildman–Crippen LogP) is 4.00. The summed E-state index contributed by atoms with van der Waals surface area (Å²) in [6.45, 7) is 0. The van der Waals surface area contributed by atoms with Crippen molar-refractivity contribution in [3.8, 4) is 0 Å². The molecule has 0 fully saturated rings. The van der Waals surface area contributed by atoms with Gasteiger partial charge in [-0.05, 0) is 42.2 Å². The van der Waals surface area contributed by atoms with Gasteiger partial charge in [-0.15, -0.1) is 0 Å². The van der Waals surface area contributed by atoms with Crippen molar-refractivity contribution in [1.29, 1.82) is 0 Å². The molecule has 0 aliphatic rings. The van der Waals surface area contributed by atoms with E-state index in [2.05, 4.69) is 17.1 Å². The number of nitrogens with zero attached hydrogens (tertiary/aromatic N) is 1. The zero-order valence-corrected chi connectivity index (χ0v) is 12.4. The number of benzene rings is 2. The largest absolute Gasteiger partial charge is 0.327 e. The number of para-hydroxylation sites is 1. The maximum atomic E-state index is 6.32. The lowest BCUT2D eigenvalue weighted by Crippen LogP contribution is -2.25. The first-order chi connectivity index (χ1) is 10.2. The van der Waals surface area contributed by atoms with Crippen LogP contribution in [0.5, 0.6) is 0 Å². The summed E-state index contributed by atoms with van der Waals surface area (Å²) in [4.78, 5) is 4.39. The minimum Gasteiger partial charge on any atom is -0.327 e. The molecule has 0 saturated carbocycles. The Balaban J connectivity index is 1.81. The Morgan fingerprint density at radius 2 is 1.62 bits per heavy atom. The van der Waals surface area contributed by atoms with Crippen molar-refractivity contribution in [3.63, 3.8) is 0 Å². The number of aromatic nitrogens is 1. The van der Waals surface area contributed by atoms with E-state index in [1.807, 2.05) is 48.7 Å². The predicted molar refractivity (Wildman–Crippen MR) is 88.6 cm³/mol. The number of hydrogen-bond acceptors (Lipinski definition) is 2. The first-order valence-electron chi connectivity index (χ1n) is 7.05. The molecule has 2 nitrogen and oxygen atoms in total. The summed E-state index contributed by atoms with van der Waals surface area (Å²) in [5.74, 6) is 0. The highest BCUT2D eigenvalue weighted by atomic mass is 35.5. The van der Waals surface area contributed by atoms with Crippen molar-refractivity contribution in [1.82, 2.24) is 4.98 Å². The molecule has 0 radical (unpaired) electrons. The van der Waals surface area contributed by atoms with Gasteiger partial charge in [0.2, 0.25) is 0 Å². The molecule has 3 aromatic rings. The second kappa shape index (κ2) is 6.25. The minimum atomic E-state index is 0.0377. The van der Waals surface area contributed by atoms with E-state index < -0.39 is 0 Å². The molecule has 0 bridgehead atoms. The van der Waals surface area contributed by atoms with Crippen LogP contribution in [0, 0.1) is 0 Å². The Labute approximate surface area is 129 Å². The Hall–Kier alpha value is -1.90. The quantitative estimate of drug-likeness (QED) is 0.790. The fourth-order valence-corrected chi connectivity index (χ4v) is 2.85. The summed E-state index contributed by atoms with van der Waals surface area (Å²) in [5.41, 5.74) is 9.67. The van der Waals surface area contributed by atoms with Crippen LogP contribution in [0.3, 0.4) is 0 Å². The number of pyridine rings is 1. The van der Waals surface area contributed by atoms with Crippen LogP contribution in [0.15, 0.2) is 60.8 Å². The number of fused-ring (bicyclic) bond motifs is 1. The summed E-state index contributed by atoms with van der Waals surface area (Å²) >= 11 is 6.20. The molecule has 1 unspecified atom stereocenters. The van der Waals surface area contributed by atoms with Crippen LogP contribution in [-0.4, -0.2) is 11.0 Å². The van der Waals surface area contributed by atoms with Crippen LogP contribution < -0.4 is 5.73 Å². The van der Waals surface area contributed by atoms with Gasteiger partial charge >= 0.3 is 0 Å². The van der Waals surface area contributed by atoms with Gasteiger partial charge in [-0.1, -0.05) is 48.0 Å². The first-order valence-corrected chi connectivity index (χ1v) is 7.43. The molecule has 3 rings (SSSR count). The van der Waals surface area contributed by atoms with E-state index in [0.717, 1.165) is 28.9 Å². The molecule has 1 atom stereocenters. The molecular formula is C18H17ClN2. The standard InChI is InChI=1S/C18H17ClN2/c19-17-7-3-1-5-14(17)12-15(20)11-13-9-10-21-18-8-4-2-6-16(13)18/h1-10,15H,11-12,20H2. The maximum absolute atomic E-state index is 6.32. The molecule has 0 aliphatic heterocycles. The third kappa shape index (κ3) is 3.23. The van der Waals surface area contributed by atoms with Crippen molar-refractivity contribution in [2.75, 3.05) is 0 Å². The molecular weight excluding hydrogens is 280 g/mol. The lowest BCUT2D eigenvalue weighted by molar-refractivity contribution is 0.667. The summed E-state index contributed by atoms with van der Waals surface area (Å²) < 4.78 is 0. The minimum absolute atomic E-state index is 0.0377. The summed E-state index contributed by atoms with van der Waals surface area (Å²) in [7, 11) is 0. The fraction of sp³-hybridized carbons (Fsp3) is 0.167. The second-order valence-electron chi connectivity index (χ2n) is 5.25. The normalized spacial score (nSPS) is 12.5. The SMILES string of the molecule is NC(Cc1ccccc1Cl)Cc1ccnc2ccccc12. The fourth-order valence-electron chi connectivity index (χ4n) is 2.63. The molecule has 0 aliphatic carbocycles. The number of rotatable bonds is 4. The van der Waals surface area contributed by atoms with Crippen LogP contribution in [-0.2, 0) is 12.8 Å². The van der Waals surface area contributed by atoms with Gasteiger partial charge in [0.25, 0.3) is 0 Å². The van der Waals surface area contributed by atoms with Gasteiger partial charge in [0, 0.05) is 22.6 Å². The monoisotopic (exact) mass is 296 g/mol. The van der Waals surface area contributed by atoms with E-state index in [0.29, 0.717) is 0 Å². The van der Waals surface area contributed by atoms with E-state index in [1.54, 1.807) is 0 Å². The van der Waals surface area contributed by atoms with Gasteiger partial charge in [0.15, 0.2) is 0 Å². The molecule has 1 aromatic heterocycles. The van der Waals surface area contributed by atoms with Gasteiger partial charge in [0.1, 0.15) is 0 Å². The van der Waals surface area contributed by atoms with Crippen LogP contribution >= 0.6 is 11.6 Å². The van der Waals surface area contributed by atoms with Crippen molar-refractivity contribution < 1.29 is 0 Å². The van der Waals surface area contributed by atoms with Crippen molar-refractivity contribution >= 4 is 22.5 Å². The molecule has 2 aromatic carbocycles. The molecule has 2 N–H and O–H groups in total. The van der Waals surface area contributed by atoms with Crippen molar-refractivity contribution in [3.05, 3.63) is 76.9 Å². The Bertz CT molecular complexity index is 750. The average Bonchev–Trinajstić information content (AvgIpc) is 2.50. The maximum Gasteiger partial charge on any atom is 0.0704 e. The van der Waals surface area contributed by atoms with E-state index in [9.17, 15) is 0 Å². The van der Waals surface area contributed by atoms with Crippen LogP contribution in [0.4, 0.5) is 0 Å². The summed E-state index contributed by atoms with van der Waals surface area (Å²) in [6.07, 6.45) is 3.43. The Morgan fingerprint density at radius 1 is 0.905 bits per heavy atom. The van der Waals surface area contributed by atoms with Gasteiger partial charge in [0.05, 0.1) is 5.52 Å². The molecule has 106 valence electrons. The van der Waals surface area contributed by atoms with Gasteiger partial charge in [-0.2, -0.15) is 0 Å². The van der Waals surface area contributed by atoms with Crippen LogP contribution in [0.2, 0.25) is 5.02 Å². The average molecular weight is 297 g/mol. The van der Waals surface area contributed by atoms with Crippen LogP contribution in [0.25, 0.3) is 10.9 Å². The Kier molecular flexibility index (Phi) is 4.18. The highest BCUT2D eigenvalue weighted by Gasteiger charge is 2.10. The molecule has 3 heteroatoms. The van der Waals surface area contributed by atoms with Gasteiger partial charge in [-0.3, -0.25) is 4.98 Å². The third-order valence-corrected chi connectivity index (χ3v) is 4.03. The summed E-state index contributed by atoms with van der Waals surface area (Å²) in [6, 6.07) is 18.1. The lowest BCUT2D eigenvalue weighted by Gasteiger charge is -2.14. The highest BCUT2D eigenvalue weighted by molar-refractivity contribution is 6.31. The number of nitrogens with two attached hydrogens (primary N) is 1. The highest BCUT2D eigenvalue weighted by Crippen LogP contribution is 2.20. The van der Waals surface area contributed by atoms with Crippen molar-refractivity contribution in [2.45, 2.75) is 18.9 Å². The number of halogens is 1. The topological polar surface area (TPSA) is 38.9 Å². The smallest absolute Gasteiger partial charge is 0.0704 e. The first kappa shape index (κ1) is 14.1. The molecule has 21 heavy (non-hydrogen) atoms. The van der Waals surface area contributed by atoms with Crippen LogP contribution in [0.1, 0.15) is 11.1 Å². The molecule has 0 saturated heterocycles. The Morgan fingerprint density at radius 3 is 2.48 bits per heavy atom. The van der Waals surface area contributed by atoms with E-state index in [1.165, 1.54) is 10.9 Å².